The van der Waals surface area contributed by atoms with Crippen LogP contribution in [0.1, 0.15) is 15.9 Å². The smallest absolute Gasteiger partial charge is 0.258 e. The highest BCUT2D eigenvalue weighted by molar-refractivity contribution is 6.04. The van der Waals surface area contributed by atoms with E-state index in [-0.39, 0.29) is 18.4 Å². The van der Waals surface area contributed by atoms with E-state index in [1.165, 1.54) is 0 Å². The monoisotopic (exact) mass is 390 g/mol. The van der Waals surface area contributed by atoms with E-state index in [0.29, 0.717) is 23.5 Å². The fourth-order valence-electron chi connectivity index (χ4n) is 2.57. The molecule has 0 saturated heterocycles. The van der Waals surface area contributed by atoms with Gasteiger partial charge in [-0.2, -0.15) is 0 Å². The molecule has 0 aliphatic carbocycles. The van der Waals surface area contributed by atoms with Crippen molar-refractivity contribution < 1.29 is 19.1 Å². The van der Waals surface area contributed by atoms with Gasteiger partial charge in [0.15, 0.2) is 6.61 Å². The first-order valence-corrected chi connectivity index (χ1v) is 9.13. The van der Waals surface area contributed by atoms with Gasteiger partial charge in [-0.1, -0.05) is 30.3 Å². The van der Waals surface area contributed by atoms with Crippen molar-refractivity contribution in [1.82, 2.24) is 5.32 Å². The number of hydrogen-bond donors (Lipinski definition) is 2. The number of rotatable bonds is 8. The Morgan fingerprint density at radius 3 is 2.14 bits per heavy atom. The maximum absolute atomic E-state index is 12.1. The van der Waals surface area contributed by atoms with E-state index in [1.54, 1.807) is 43.5 Å². The molecule has 0 saturated carbocycles. The highest BCUT2D eigenvalue weighted by atomic mass is 16.5. The van der Waals surface area contributed by atoms with Gasteiger partial charge in [0.05, 0.1) is 7.11 Å². The lowest BCUT2D eigenvalue weighted by molar-refractivity contribution is -0.123. The first-order chi connectivity index (χ1) is 14.1. The van der Waals surface area contributed by atoms with Gasteiger partial charge in [-0.05, 0) is 54.1 Å². The lowest BCUT2D eigenvalue weighted by Crippen LogP contribution is -2.28. The molecule has 29 heavy (non-hydrogen) atoms. The number of ether oxygens (including phenoxy) is 2. The van der Waals surface area contributed by atoms with Crippen molar-refractivity contribution in [2.75, 3.05) is 19.0 Å². The number of hydrogen-bond acceptors (Lipinski definition) is 4. The zero-order chi connectivity index (χ0) is 20.5. The molecular weight excluding hydrogens is 368 g/mol. The van der Waals surface area contributed by atoms with Gasteiger partial charge in [0, 0.05) is 17.8 Å². The average Bonchev–Trinajstić information content (AvgIpc) is 2.78. The zero-order valence-corrected chi connectivity index (χ0v) is 16.1. The highest BCUT2D eigenvalue weighted by Crippen LogP contribution is 2.16. The van der Waals surface area contributed by atoms with Crippen LogP contribution in [0.5, 0.6) is 11.5 Å². The Morgan fingerprint density at radius 1 is 0.828 bits per heavy atom. The van der Waals surface area contributed by atoms with Crippen LogP contribution >= 0.6 is 0 Å². The molecule has 6 heteroatoms. The molecule has 0 spiro atoms. The Morgan fingerprint density at radius 2 is 1.48 bits per heavy atom. The van der Waals surface area contributed by atoms with E-state index in [4.69, 9.17) is 9.47 Å². The van der Waals surface area contributed by atoms with Crippen LogP contribution in [0.3, 0.4) is 0 Å². The molecule has 0 heterocycles. The standard InChI is InChI=1S/C23H22N2O4/c1-28-20-11-7-17(8-12-20)15-24-22(26)16-29-21-13-9-19(10-14-21)25-23(27)18-5-3-2-4-6-18/h2-14H,15-16H2,1H3,(H,24,26)(H,25,27). The predicted molar refractivity (Wildman–Crippen MR) is 111 cm³/mol. The molecule has 0 radical (unpaired) electrons. The number of nitrogens with one attached hydrogen (secondary N) is 2. The molecule has 0 fully saturated rings. The maximum atomic E-state index is 12.1. The second-order valence-corrected chi connectivity index (χ2v) is 6.26. The van der Waals surface area contributed by atoms with Gasteiger partial charge < -0.3 is 20.1 Å². The van der Waals surface area contributed by atoms with Gasteiger partial charge in [-0.3, -0.25) is 9.59 Å². The molecular formula is C23H22N2O4. The lowest BCUT2D eigenvalue weighted by atomic mass is 10.2. The van der Waals surface area contributed by atoms with Gasteiger partial charge in [0.25, 0.3) is 11.8 Å². The van der Waals surface area contributed by atoms with Crippen LogP contribution in [0, 0.1) is 0 Å². The van der Waals surface area contributed by atoms with Crippen LogP contribution in [0.2, 0.25) is 0 Å². The molecule has 0 aromatic heterocycles. The summed E-state index contributed by atoms with van der Waals surface area (Å²) in [5.74, 6) is 0.911. The summed E-state index contributed by atoms with van der Waals surface area (Å²) in [6, 6.07) is 23.3. The van der Waals surface area contributed by atoms with Crippen LogP contribution in [0.15, 0.2) is 78.9 Å². The van der Waals surface area contributed by atoms with Gasteiger partial charge in [-0.25, -0.2) is 0 Å². The number of anilines is 1. The summed E-state index contributed by atoms with van der Waals surface area (Å²) in [7, 11) is 1.61. The van der Waals surface area contributed by atoms with Gasteiger partial charge in [0.1, 0.15) is 11.5 Å². The largest absolute Gasteiger partial charge is 0.497 e. The minimum absolute atomic E-state index is 0.0914. The molecule has 0 aliphatic heterocycles. The first-order valence-electron chi connectivity index (χ1n) is 9.13. The van der Waals surface area contributed by atoms with E-state index >= 15 is 0 Å². The fourth-order valence-corrected chi connectivity index (χ4v) is 2.57. The molecule has 0 unspecified atom stereocenters. The minimum Gasteiger partial charge on any atom is -0.497 e. The molecule has 0 aliphatic rings. The normalized spacial score (nSPS) is 10.1. The van der Waals surface area contributed by atoms with Crippen LogP contribution in [-0.2, 0) is 11.3 Å². The van der Waals surface area contributed by atoms with Crippen molar-refractivity contribution in [2.24, 2.45) is 0 Å². The van der Waals surface area contributed by atoms with Crippen molar-refractivity contribution in [3.05, 3.63) is 90.0 Å². The number of benzene rings is 3. The topological polar surface area (TPSA) is 76.7 Å². The summed E-state index contributed by atoms with van der Waals surface area (Å²) in [5.41, 5.74) is 2.20. The number of methoxy groups -OCH3 is 1. The van der Waals surface area contributed by atoms with Crippen molar-refractivity contribution >= 4 is 17.5 Å². The third-order valence-electron chi connectivity index (χ3n) is 4.17. The molecule has 2 amide bonds. The third kappa shape index (κ3) is 6.10. The Labute approximate surface area is 169 Å². The number of carbonyl (C=O) groups is 2. The summed E-state index contributed by atoms with van der Waals surface area (Å²) in [4.78, 5) is 24.1. The van der Waals surface area contributed by atoms with Crippen LogP contribution in [0.4, 0.5) is 5.69 Å². The van der Waals surface area contributed by atoms with Crippen molar-refractivity contribution in [2.45, 2.75) is 6.54 Å². The lowest BCUT2D eigenvalue weighted by Gasteiger charge is -2.09. The summed E-state index contributed by atoms with van der Waals surface area (Å²) >= 11 is 0. The summed E-state index contributed by atoms with van der Waals surface area (Å²) < 4.78 is 10.6. The second kappa shape index (κ2) is 9.94. The molecule has 0 atom stereocenters. The van der Waals surface area contributed by atoms with Crippen LogP contribution in [-0.4, -0.2) is 25.5 Å². The summed E-state index contributed by atoms with van der Waals surface area (Å²) in [6.45, 7) is 0.322. The van der Waals surface area contributed by atoms with Gasteiger partial charge in [-0.15, -0.1) is 0 Å². The number of carbonyl (C=O) groups excluding carboxylic acids is 2. The molecule has 3 aromatic rings. The first kappa shape index (κ1) is 19.9. The van der Waals surface area contributed by atoms with Crippen LogP contribution < -0.4 is 20.1 Å². The fraction of sp³-hybridized carbons (Fsp3) is 0.130. The molecule has 2 N–H and O–H groups in total. The third-order valence-corrected chi connectivity index (χ3v) is 4.17. The zero-order valence-electron chi connectivity index (χ0n) is 16.1. The maximum Gasteiger partial charge on any atom is 0.258 e. The molecule has 3 rings (SSSR count). The molecule has 0 bridgehead atoms. The Balaban J connectivity index is 1.43. The Hall–Kier alpha value is -3.80. The average molecular weight is 390 g/mol. The molecule has 6 nitrogen and oxygen atoms in total. The molecule has 3 aromatic carbocycles. The second-order valence-electron chi connectivity index (χ2n) is 6.26. The van der Waals surface area contributed by atoms with Gasteiger partial charge >= 0.3 is 0 Å². The van der Waals surface area contributed by atoms with E-state index in [0.717, 1.165) is 11.3 Å². The van der Waals surface area contributed by atoms with Crippen molar-refractivity contribution in [1.29, 1.82) is 0 Å². The number of amides is 2. The van der Waals surface area contributed by atoms with E-state index in [2.05, 4.69) is 10.6 Å². The SMILES string of the molecule is COc1ccc(CNC(=O)COc2ccc(NC(=O)c3ccccc3)cc2)cc1. The minimum atomic E-state index is -0.220. The van der Waals surface area contributed by atoms with E-state index in [1.807, 2.05) is 42.5 Å². The Bertz CT molecular complexity index is 939. The van der Waals surface area contributed by atoms with Crippen LogP contribution in [0.25, 0.3) is 0 Å². The quantitative estimate of drug-likeness (QED) is 0.616. The van der Waals surface area contributed by atoms with Gasteiger partial charge in [0.2, 0.25) is 0 Å². The summed E-state index contributed by atoms with van der Waals surface area (Å²) in [6.07, 6.45) is 0. The Kier molecular flexibility index (Phi) is 6.84. The predicted octanol–water partition coefficient (Wildman–Crippen LogP) is 3.64. The van der Waals surface area contributed by atoms with Crippen molar-refractivity contribution in [3.63, 3.8) is 0 Å². The molecule has 148 valence electrons. The van der Waals surface area contributed by atoms with Crippen molar-refractivity contribution in [3.8, 4) is 11.5 Å². The highest BCUT2D eigenvalue weighted by Gasteiger charge is 2.06. The van der Waals surface area contributed by atoms with E-state index in [9.17, 15) is 9.59 Å². The van der Waals surface area contributed by atoms with E-state index < -0.39 is 0 Å². The summed E-state index contributed by atoms with van der Waals surface area (Å²) in [5, 5.41) is 5.61.